The van der Waals surface area contributed by atoms with Gasteiger partial charge in [-0.15, -0.1) is 0 Å². The Balaban J connectivity index is 1.23. The molecule has 1 aliphatic heterocycles. The van der Waals surface area contributed by atoms with E-state index in [0.29, 0.717) is 41.8 Å². The number of ether oxygens (including phenoxy) is 1. The van der Waals surface area contributed by atoms with Gasteiger partial charge in [-0.2, -0.15) is 13.2 Å². The number of nitrogens with zero attached hydrogens (tertiary/aromatic N) is 4. The van der Waals surface area contributed by atoms with E-state index >= 15 is 0 Å². The number of amides is 3. The van der Waals surface area contributed by atoms with Gasteiger partial charge in [0.25, 0.3) is 5.91 Å². The molecule has 3 amide bonds. The third-order valence-corrected chi connectivity index (χ3v) is 7.89. The highest BCUT2D eigenvalue weighted by molar-refractivity contribution is 7.97. The van der Waals surface area contributed by atoms with Crippen molar-refractivity contribution < 1.29 is 27.5 Å². The Morgan fingerprint density at radius 1 is 0.933 bits per heavy atom. The lowest BCUT2D eigenvalue weighted by Gasteiger charge is -2.25. The number of hydrogen-bond donors (Lipinski definition) is 3. The fourth-order valence-electron chi connectivity index (χ4n) is 4.34. The molecule has 1 saturated heterocycles. The van der Waals surface area contributed by atoms with E-state index in [4.69, 9.17) is 4.74 Å². The van der Waals surface area contributed by atoms with E-state index in [0.717, 1.165) is 35.8 Å². The first kappa shape index (κ1) is 31.8. The maximum Gasteiger partial charge on any atom is 0.416 e. The summed E-state index contributed by atoms with van der Waals surface area (Å²) in [4.78, 5) is 36.7. The van der Waals surface area contributed by atoms with Crippen molar-refractivity contribution in [3.05, 3.63) is 95.8 Å². The standard InChI is InChI=1S/C31H30F3N7O3S/c1-20-9-10-24(38-29(42)21-5-3-6-22(15-21)31(32,33)34)17-26(20)39-30(43)40(2)28-18-27(35-19-36-28)37-23-7-4-8-25(16-23)45-41-11-13-44-14-12-41/h3-10,15-19H,11-14H2,1-2H3,(H,38,42)(H,39,43)(H,35,36,37). The van der Waals surface area contributed by atoms with Gasteiger partial charge in [-0.05, 0) is 73.0 Å². The molecule has 0 unspecified atom stereocenters. The van der Waals surface area contributed by atoms with Gasteiger partial charge < -0.3 is 20.7 Å². The predicted molar refractivity (Wildman–Crippen MR) is 168 cm³/mol. The molecule has 10 nitrogen and oxygen atoms in total. The fourth-order valence-corrected chi connectivity index (χ4v) is 5.29. The van der Waals surface area contributed by atoms with Crippen molar-refractivity contribution in [1.82, 2.24) is 14.3 Å². The van der Waals surface area contributed by atoms with E-state index in [9.17, 15) is 22.8 Å². The van der Waals surface area contributed by atoms with E-state index < -0.39 is 23.7 Å². The van der Waals surface area contributed by atoms with Crippen LogP contribution in [-0.2, 0) is 10.9 Å². The molecule has 0 spiro atoms. The topological polar surface area (TPSA) is 112 Å². The third kappa shape index (κ3) is 8.50. The van der Waals surface area contributed by atoms with Gasteiger partial charge in [0.05, 0.1) is 18.8 Å². The molecule has 45 heavy (non-hydrogen) atoms. The van der Waals surface area contributed by atoms with Crippen molar-refractivity contribution in [3.8, 4) is 0 Å². The molecule has 1 aromatic heterocycles. The largest absolute Gasteiger partial charge is 0.416 e. The van der Waals surface area contributed by atoms with Gasteiger partial charge in [-0.25, -0.2) is 19.1 Å². The van der Waals surface area contributed by atoms with Crippen LogP contribution in [0.2, 0.25) is 0 Å². The number of carbonyl (C=O) groups is 2. The zero-order valence-electron chi connectivity index (χ0n) is 24.4. The molecule has 14 heteroatoms. The average molecular weight is 638 g/mol. The van der Waals surface area contributed by atoms with Crippen molar-refractivity contribution in [2.75, 3.05) is 54.2 Å². The van der Waals surface area contributed by atoms with Crippen LogP contribution in [0.15, 0.2) is 84.0 Å². The van der Waals surface area contributed by atoms with E-state index in [1.165, 1.54) is 29.4 Å². The molecule has 1 aliphatic rings. The predicted octanol–water partition coefficient (Wildman–Crippen LogP) is 6.81. The number of benzene rings is 3. The van der Waals surface area contributed by atoms with Crippen LogP contribution in [0.1, 0.15) is 21.5 Å². The Bertz CT molecular complexity index is 1680. The molecular weight excluding hydrogens is 607 g/mol. The van der Waals surface area contributed by atoms with Crippen molar-refractivity contribution in [3.63, 3.8) is 0 Å². The Morgan fingerprint density at radius 3 is 2.49 bits per heavy atom. The highest BCUT2D eigenvalue weighted by atomic mass is 32.2. The number of anilines is 5. The van der Waals surface area contributed by atoms with Crippen LogP contribution in [0.3, 0.4) is 0 Å². The zero-order chi connectivity index (χ0) is 32.0. The van der Waals surface area contributed by atoms with Gasteiger partial charge >= 0.3 is 12.2 Å². The lowest BCUT2D eigenvalue weighted by Crippen LogP contribution is -2.32. The molecule has 0 atom stereocenters. The molecule has 3 aromatic carbocycles. The lowest BCUT2D eigenvalue weighted by atomic mass is 10.1. The minimum Gasteiger partial charge on any atom is -0.379 e. The number of carbonyl (C=O) groups excluding carboxylic acids is 2. The number of rotatable bonds is 8. The van der Waals surface area contributed by atoms with E-state index in [-0.39, 0.29) is 5.56 Å². The van der Waals surface area contributed by atoms with Gasteiger partial charge in [0, 0.05) is 53.7 Å². The van der Waals surface area contributed by atoms with Gasteiger partial charge in [-0.3, -0.25) is 9.69 Å². The van der Waals surface area contributed by atoms with Crippen LogP contribution < -0.4 is 20.9 Å². The van der Waals surface area contributed by atoms with Crippen LogP contribution in [-0.4, -0.2) is 59.6 Å². The second-order valence-electron chi connectivity index (χ2n) is 10.1. The number of aromatic nitrogens is 2. The van der Waals surface area contributed by atoms with Gasteiger partial charge in [-0.1, -0.05) is 18.2 Å². The number of morpholine rings is 1. The summed E-state index contributed by atoms with van der Waals surface area (Å²) in [6, 6.07) is 18.0. The minimum atomic E-state index is -4.57. The number of urea groups is 1. The first-order valence-electron chi connectivity index (χ1n) is 13.9. The summed E-state index contributed by atoms with van der Waals surface area (Å²) in [5.41, 5.74) is 1.15. The molecule has 0 radical (unpaired) electrons. The van der Waals surface area contributed by atoms with Gasteiger partial charge in [0.1, 0.15) is 18.0 Å². The van der Waals surface area contributed by atoms with E-state index in [1.54, 1.807) is 44.1 Å². The number of halogens is 3. The number of alkyl halides is 3. The van der Waals surface area contributed by atoms with Crippen LogP contribution >= 0.6 is 11.9 Å². The summed E-state index contributed by atoms with van der Waals surface area (Å²) in [5, 5.41) is 8.64. The third-order valence-electron chi connectivity index (χ3n) is 6.80. The highest BCUT2D eigenvalue weighted by Gasteiger charge is 2.31. The quantitative estimate of drug-likeness (QED) is 0.181. The van der Waals surface area contributed by atoms with Gasteiger partial charge in [0.2, 0.25) is 0 Å². The smallest absolute Gasteiger partial charge is 0.379 e. The molecular formula is C31H30F3N7O3S. The number of aryl methyl sites for hydroxylation is 1. The van der Waals surface area contributed by atoms with Crippen LogP contribution in [0, 0.1) is 6.92 Å². The summed E-state index contributed by atoms with van der Waals surface area (Å²) < 4.78 is 46.9. The maximum atomic E-state index is 13.2. The first-order chi connectivity index (χ1) is 21.5. The normalized spacial score (nSPS) is 13.6. The Hall–Kier alpha value is -4.66. The van der Waals surface area contributed by atoms with E-state index in [2.05, 4.69) is 30.2 Å². The molecule has 1 fully saturated rings. The lowest BCUT2D eigenvalue weighted by molar-refractivity contribution is -0.137. The first-order valence-corrected chi connectivity index (χ1v) is 14.7. The Kier molecular flexibility index (Phi) is 9.86. The number of nitrogens with one attached hydrogen (secondary N) is 3. The van der Waals surface area contributed by atoms with Crippen LogP contribution in [0.5, 0.6) is 0 Å². The minimum absolute atomic E-state index is 0.147. The summed E-state index contributed by atoms with van der Waals surface area (Å²) >= 11 is 1.66. The van der Waals surface area contributed by atoms with Crippen LogP contribution in [0.4, 0.5) is 46.7 Å². The molecule has 234 valence electrons. The van der Waals surface area contributed by atoms with Gasteiger partial charge in [0.15, 0.2) is 0 Å². The number of hydrogen-bond acceptors (Lipinski definition) is 8. The monoisotopic (exact) mass is 637 g/mol. The SMILES string of the molecule is Cc1ccc(NC(=O)c2cccc(C(F)(F)F)c2)cc1NC(=O)N(C)c1cc(Nc2cccc(SN3CCOCC3)c2)ncn1. The zero-order valence-corrected chi connectivity index (χ0v) is 25.2. The summed E-state index contributed by atoms with van der Waals surface area (Å²) in [5.74, 6) is 0.102. The summed E-state index contributed by atoms with van der Waals surface area (Å²) in [6.07, 6.45) is -3.22. The summed E-state index contributed by atoms with van der Waals surface area (Å²) in [7, 11) is 1.55. The van der Waals surface area contributed by atoms with Crippen LogP contribution in [0.25, 0.3) is 0 Å². The molecule has 0 bridgehead atoms. The second-order valence-corrected chi connectivity index (χ2v) is 11.3. The maximum absolute atomic E-state index is 13.2. The average Bonchev–Trinajstić information content (AvgIpc) is 3.02. The summed E-state index contributed by atoms with van der Waals surface area (Å²) in [6.45, 7) is 4.89. The fraction of sp³-hybridized carbons (Fsp3) is 0.226. The molecule has 3 N–H and O–H groups in total. The molecule has 0 saturated carbocycles. The van der Waals surface area contributed by atoms with Crippen molar-refractivity contribution in [1.29, 1.82) is 0 Å². The van der Waals surface area contributed by atoms with Crippen molar-refractivity contribution in [2.45, 2.75) is 18.0 Å². The van der Waals surface area contributed by atoms with Crippen molar-refractivity contribution >= 4 is 52.6 Å². The highest BCUT2D eigenvalue weighted by Crippen LogP contribution is 2.30. The van der Waals surface area contributed by atoms with E-state index in [1.807, 2.05) is 24.3 Å². The molecule has 4 aromatic rings. The van der Waals surface area contributed by atoms with Crippen molar-refractivity contribution in [2.24, 2.45) is 0 Å². The second kappa shape index (κ2) is 14.0. The molecule has 0 aliphatic carbocycles. The Morgan fingerprint density at radius 2 is 1.71 bits per heavy atom. The Labute approximate surface area is 262 Å². The molecule has 2 heterocycles. The molecule has 5 rings (SSSR count).